The van der Waals surface area contributed by atoms with Crippen molar-refractivity contribution in [2.45, 2.75) is 13.0 Å². The Morgan fingerprint density at radius 2 is 1.77 bits per heavy atom. The van der Waals surface area contributed by atoms with Crippen LogP contribution in [-0.4, -0.2) is 24.7 Å². The van der Waals surface area contributed by atoms with Crippen LogP contribution in [0.5, 0.6) is 5.75 Å². The second-order valence-corrected chi connectivity index (χ2v) is 4.89. The van der Waals surface area contributed by atoms with Crippen LogP contribution in [0.15, 0.2) is 48.5 Å². The molecule has 0 unspecified atom stereocenters. The maximum absolute atomic E-state index is 13.0. The molecule has 0 bridgehead atoms. The van der Waals surface area contributed by atoms with E-state index in [2.05, 4.69) is 0 Å². The molecule has 4 nitrogen and oxygen atoms in total. The van der Waals surface area contributed by atoms with Gasteiger partial charge in [-0.15, -0.1) is 0 Å². The minimum atomic E-state index is -0.849. The molecule has 0 spiro atoms. The van der Waals surface area contributed by atoms with Gasteiger partial charge in [0, 0.05) is 18.8 Å². The molecule has 22 heavy (non-hydrogen) atoms. The summed E-state index contributed by atoms with van der Waals surface area (Å²) >= 11 is 0. The largest absolute Gasteiger partial charge is 0.497 e. The topological polar surface area (TPSA) is 49.8 Å². The molecule has 0 fully saturated rings. The molecule has 0 aliphatic rings. The van der Waals surface area contributed by atoms with Gasteiger partial charge in [-0.1, -0.05) is 12.1 Å². The molecule has 2 aromatic carbocycles. The highest BCUT2D eigenvalue weighted by Crippen LogP contribution is 2.21. The second-order valence-electron chi connectivity index (χ2n) is 4.89. The van der Waals surface area contributed by atoms with E-state index in [0.717, 1.165) is 17.0 Å². The summed E-state index contributed by atoms with van der Waals surface area (Å²) < 4.78 is 18.1. The van der Waals surface area contributed by atoms with Crippen molar-refractivity contribution >= 4 is 11.7 Å². The van der Waals surface area contributed by atoms with Gasteiger partial charge in [0.05, 0.1) is 13.5 Å². The molecule has 0 saturated carbocycles. The van der Waals surface area contributed by atoms with Crippen molar-refractivity contribution < 1.29 is 19.0 Å². The Labute approximate surface area is 128 Å². The molecule has 0 saturated heterocycles. The van der Waals surface area contributed by atoms with Gasteiger partial charge >= 0.3 is 5.97 Å². The van der Waals surface area contributed by atoms with Crippen LogP contribution >= 0.6 is 0 Å². The van der Waals surface area contributed by atoms with E-state index in [-0.39, 0.29) is 12.2 Å². The Bertz CT molecular complexity index is 611. The first-order valence-corrected chi connectivity index (χ1v) is 6.93. The second kappa shape index (κ2) is 7.45. The minimum Gasteiger partial charge on any atom is -0.497 e. The fraction of sp³-hybridized carbons (Fsp3) is 0.235. The molecular weight excluding hydrogens is 285 g/mol. The summed E-state index contributed by atoms with van der Waals surface area (Å²) in [5.41, 5.74) is 1.81. The third-order valence-corrected chi connectivity index (χ3v) is 3.32. The van der Waals surface area contributed by atoms with Crippen molar-refractivity contribution in [1.82, 2.24) is 0 Å². The summed E-state index contributed by atoms with van der Waals surface area (Å²) in [5.74, 6) is -0.397. The predicted molar refractivity (Wildman–Crippen MR) is 82.7 cm³/mol. The van der Waals surface area contributed by atoms with E-state index < -0.39 is 5.97 Å². The van der Waals surface area contributed by atoms with Gasteiger partial charge in [0.1, 0.15) is 11.6 Å². The van der Waals surface area contributed by atoms with Crippen molar-refractivity contribution in [3.63, 3.8) is 0 Å². The van der Waals surface area contributed by atoms with Crippen LogP contribution in [0.3, 0.4) is 0 Å². The Hall–Kier alpha value is -2.56. The van der Waals surface area contributed by atoms with Crippen molar-refractivity contribution in [1.29, 1.82) is 0 Å². The quantitative estimate of drug-likeness (QED) is 0.852. The average molecular weight is 303 g/mol. The fourth-order valence-electron chi connectivity index (χ4n) is 2.13. The van der Waals surface area contributed by atoms with E-state index in [4.69, 9.17) is 9.84 Å². The maximum atomic E-state index is 13.0. The Morgan fingerprint density at radius 1 is 1.14 bits per heavy atom. The molecule has 0 radical (unpaired) electrons. The summed E-state index contributed by atoms with van der Waals surface area (Å²) in [5, 5.41) is 8.90. The molecule has 5 heteroatoms. The monoisotopic (exact) mass is 303 g/mol. The van der Waals surface area contributed by atoms with Gasteiger partial charge in [0.25, 0.3) is 0 Å². The molecule has 2 rings (SSSR count). The number of aliphatic carboxylic acids is 1. The van der Waals surface area contributed by atoms with Gasteiger partial charge in [-0.2, -0.15) is 0 Å². The highest BCUT2D eigenvalue weighted by Gasteiger charge is 2.10. The van der Waals surface area contributed by atoms with Crippen LogP contribution < -0.4 is 9.64 Å². The Morgan fingerprint density at radius 3 is 2.32 bits per heavy atom. The van der Waals surface area contributed by atoms with Gasteiger partial charge < -0.3 is 14.7 Å². The van der Waals surface area contributed by atoms with Crippen LogP contribution in [0.4, 0.5) is 10.1 Å². The number of hydrogen-bond acceptors (Lipinski definition) is 3. The van der Waals surface area contributed by atoms with Crippen LogP contribution in [0, 0.1) is 5.82 Å². The molecule has 1 N–H and O–H groups in total. The van der Waals surface area contributed by atoms with Gasteiger partial charge in [0.15, 0.2) is 0 Å². The summed E-state index contributed by atoms with van der Waals surface area (Å²) in [6.45, 7) is 0.888. The normalized spacial score (nSPS) is 10.3. The number of rotatable bonds is 7. The zero-order chi connectivity index (χ0) is 15.9. The van der Waals surface area contributed by atoms with E-state index in [1.54, 1.807) is 19.2 Å². The third-order valence-electron chi connectivity index (χ3n) is 3.32. The van der Waals surface area contributed by atoms with Crippen LogP contribution in [0.1, 0.15) is 12.0 Å². The number of hydrogen-bond donors (Lipinski definition) is 1. The number of methoxy groups -OCH3 is 1. The van der Waals surface area contributed by atoms with Crippen molar-refractivity contribution in [3.8, 4) is 5.75 Å². The molecule has 0 aromatic heterocycles. The highest BCUT2D eigenvalue weighted by atomic mass is 19.1. The summed E-state index contributed by atoms with van der Waals surface area (Å²) in [7, 11) is 1.59. The molecule has 116 valence electrons. The lowest BCUT2D eigenvalue weighted by Crippen LogP contribution is -2.25. The summed E-state index contributed by atoms with van der Waals surface area (Å²) in [4.78, 5) is 12.8. The molecule has 0 aliphatic heterocycles. The average Bonchev–Trinajstić information content (AvgIpc) is 2.53. The first-order chi connectivity index (χ1) is 10.6. The summed E-state index contributed by atoms with van der Waals surface area (Å²) in [6, 6.07) is 13.6. The number of ether oxygens (including phenoxy) is 1. The highest BCUT2D eigenvalue weighted by molar-refractivity contribution is 5.67. The Kier molecular flexibility index (Phi) is 5.36. The van der Waals surface area contributed by atoms with E-state index in [0.29, 0.717) is 13.1 Å². The molecule has 0 amide bonds. The predicted octanol–water partition coefficient (Wildman–Crippen LogP) is 3.32. The third kappa shape index (κ3) is 4.48. The van der Waals surface area contributed by atoms with Crippen LogP contribution in [-0.2, 0) is 11.3 Å². The first-order valence-electron chi connectivity index (χ1n) is 6.93. The smallest absolute Gasteiger partial charge is 0.305 e. The first kappa shape index (κ1) is 15.8. The number of carbonyl (C=O) groups is 1. The molecule has 0 heterocycles. The number of halogens is 1. The van der Waals surface area contributed by atoms with Crippen molar-refractivity contribution in [3.05, 3.63) is 59.9 Å². The van der Waals surface area contributed by atoms with Gasteiger partial charge in [-0.25, -0.2) is 4.39 Å². The Balaban J connectivity index is 2.16. The molecule has 2 aromatic rings. The molecular formula is C17H18FNO3. The molecule has 0 atom stereocenters. The minimum absolute atomic E-state index is 0.0349. The maximum Gasteiger partial charge on any atom is 0.305 e. The lowest BCUT2D eigenvalue weighted by molar-refractivity contribution is -0.136. The van der Waals surface area contributed by atoms with Crippen molar-refractivity contribution in [2.24, 2.45) is 0 Å². The van der Waals surface area contributed by atoms with Gasteiger partial charge in [0.2, 0.25) is 0 Å². The fourth-order valence-corrected chi connectivity index (χ4v) is 2.13. The molecule has 0 aliphatic carbocycles. The van der Waals surface area contributed by atoms with E-state index in [1.165, 1.54) is 12.1 Å². The number of anilines is 1. The number of benzene rings is 2. The standard InChI is InChI=1S/C17H18FNO3/c1-22-16-8-6-15(7-9-16)19(11-10-17(20)21)12-13-2-4-14(18)5-3-13/h2-9H,10-12H2,1H3,(H,20,21). The van der Waals surface area contributed by atoms with Gasteiger partial charge in [-0.05, 0) is 42.0 Å². The number of carboxylic acids is 1. The van der Waals surface area contributed by atoms with E-state index >= 15 is 0 Å². The number of carboxylic acid groups (broad SMARTS) is 1. The van der Waals surface area contributed by atoms with Crippen LogP contribution in [0.25, 0.3) is 0 Å². The van der Waals surface area contributed by atoms with Gasteiger partial charge in [-0.3, -0.25) is 4.79 Å². The lowest BCUT2D eigenvalue weighted by atomic mass is 10.2. The zero-order valence-corrected chi connectivity index (χ0v) is 12.3. The van der Waals surface area contributed by atoms with E-state index in [1.807, 2.05) is 29.2 Å². The van der Waals surface area contributed by atoms with Crippen molar-refractivity contribution in [2.75, 3.05) is 18.6 Å². The zero-order valence-electron chi connectivity index (χ0n) is 12.3. The SMILES string of the molecule is COc1ccc(N(CCC(=O)O)Cc2ccc(F)cc2)cc1. The van der Waals surface area contributed by atoms with E-state index in [9.17, 15) is 9.18 Å². The lowest BCUT2D eigenvalue weighted by Gasteiger charge is -2.24. The van der Waals surface area contributed by atoms with Crippen LogP contribution in [0.2, 0.25) is 0 Å². The number of nitrogens with zero attached hydrogens (tertiary/aromatic N) is 1. The summed E-state index contributed by atoms with van der Waals surface area (Å²) in [6.07, 6.45) is 0.0349.